The van der Waals surface area contributed by atoms with Crippen molar-refractivity contribution in [1.29, 1.82) is 0 Å². The van der Waals surface area contributed by atoms with Crippen LogP contribution in [-0.2, 0) is 6.42 Å². The van der Waals surface area contributed by atoms with Crippen LogP contribution < -0.4 is 25.0 Å². The van der Waals surface area contributed by atoms with Gasteiger partial charge in [0.15, 0.2) is 11.5 Å². The highest BCUT2D eigenvalue weighted by Gasteiger charge is 2.09. The smallest absolute Gasteiger partial charge is 0.339 e. The lowest BCUT2D eigenvalue weighted by Gasteiger charge is -2.13. The van der Waals surface area contributed by atoms with Gasteiger partial charge in [-0.15, -0.1) is 0 Å². The Morgan fingerprint density at radius 2 is 1.70 bits per heavy atom. The van der Waals surface area contributed by atoms with Crippen LogP contribution in [0.4, 0.5) is 10.5 Å². The second kappa shape index (κ2) is 12.8. The van der Waals surface area contributed by atoms with E-state index in [-0.39, 0.29) is 0 Å². The Labute approximate surface area is 194 Å². The van der Waals surface area contributed by atoms with E-state index in [4.69, 9.17) is 14.2 Å². The lowest BCUT2D eigenvalue weighted by molar-refractivity contribution is 0.240. The molecule has 0 saturated carbocycles. The molecule has 0 spiro atoms. The first-order valence-electron chi connectivity index (χ1n) is 10.9. The van der Waals surface area contributed by atoms with Crippen molar-refractivity contribution in [2.45, 2.75) is 19.8 Å². The molecule has 172 valence electrons. The second-order valence-electron chi connectivity index (χ2n) is 7.12. The Morgan fingerprint density at radius 1 is 0.939 bits per heavy atom. The van der Waals surface area contributed by atoms with Gasteiger partial charge in [-0.2, -0.15) is 5.10 Å². The van der Waals surface area contributed by atoms with Crippen molar-refractivity contribution in [3.63, 3.8) is 0 Å². The Hall–Kier alpha value is -4.00. The number of anilines is 1. The molecule has 2 N–H and O–H groups in total. The number of hydrogen-bond acceptors (Lipinski definition) is 5. The minimum atomic E-state index is -0.438. The maximum atomic E-state index is 12.0. The minimum absolute atomic E-state index is 0.438. The third-order valence-electron chi connectivity index (χ3n) is 4.77. The molecule has 3 aromatic rings. The number of carbonyl (C=O) groups is 1. The van der Waals surface area contributed by atoms with Gasteiger partial charge in [0.1, 0.15) is 5.75 Å². The Morgan fingerprint density at radius 3 is 2.42 bits per heavy atom. The fourth-order valence-electron chi connectivity index (χ4n) is 3.04. The van der Waals surface area contributed by atoms with E-state index in [9.17, 15) is 4.79 Å². The summed E-state index contributed by atoms with van der Waals surface area (Å²) >= 11 is 0. The summed E-state index contributed by atoms with van der Waals surface area (Å²) in [5, 5.41) is 6.72. The Kier molecular flexibility index (Phi) is 9.15. The number of hydrazone groups is 1. The molecule has 0 bridgehead atoms. The second-order valence-corrected chi connectivity index (χ2v) is 7.12. The summed E-state index contributed by atoms with van der Waals surface area (Å²) in [7, 11) is 1.58. The van der Waals surface area contributed by atoms with Crippen molar-refractivity contribution in [2.75, 3.05) is 25.6 Å². The van der Waals surface area contributed by atoms with Crippen molar-refractivity contribution in [2.24, 2.45) is 5.10 Å². The molecule has 0 saturated heterocycles. The number of ether oxygens (including phenoxy) is 3. The van der Waals surface area contributed by atoms with Gasteiger partial charge in [0, 0.05) is 17.7 Å². The molecule has 33 heavy (non-hydrogen) atoms. The molecule has 0 fully saturated rings. The van der Waals surface area contributed by atoms with Crippen molar-refractivity contribution >= 4 is 17.9 Å². The van der Waals surface area contributed by atoms with Crippen LogP contribution in [0.15, 0.2) is 77.9 Å². The van der Waals surface area contributed by atoms with Crippen molar-refractivity contribution in [1.82, 2.24) is 5.43 Å². The Balaban J connectivity index is 1.51. The van der Waals surface area contributed by atoms with Gasteiger partial charge in [-0.1, -0.05) is 43.3 Å². The zero-order valence-electron chi connectivity index (χ0n) is 18.9. The molecule has 2 amide bonds. The summed E-state index contributed by atoms with van der Waals surface area (Å²) in [6.07, 6.45) is 3.22. The standard InChI is InChI=1S/C26H29N3O4/c1-3-20-13-15-23(16-14-20)32-17-8-18-33-25-21(9-7-12-24(25)31-2)19-27-29-26(30)28-22-10-5-4-6-11-22/h4-7,9-16,19H,3,8,17-18H2,1-2H3,(H2,28,29,30)/b27-19+. The molecular weight excluding hydrogens is 418 g/mol. The highest BCUT2D eigenvalue weighted by molar-refractivity contribution is 5.91. The highest BCUT2D eigenvalue weighted by atomic mass is 16.5. The van der Waals surface area contributed by atoms with Crippen LogP contribution in [0.25, 0.3) is 0 Å². The first kappa shape index (κ1) is 23.7. The number of aryl methyl sites for hydroxylation is 1. The number of para-hydroxylation sites is 2. The number of benzene rings is 3. The molecule has 3 aromatic carbocycles. The zero-order chi connectivity index (χ0) is 23.3. The van der Waals surface area contributed by atoms with Gasteiger partial charge in [0.2, 0.25) is 0 Å². The highest BCUT2D eigenvalue weighted by Crippen LogP contribution is 2.30. The van der Waals surface area contributed by atoms with E-state index in [1.807, 2.05) is 48.5 Å². The van der Waals surface area contributed by atoms with Gasteiger partial charge in [0.25, 0.3) is 0 Å². The number of carbonyl (C=O) groups excluding carboxylic acids is 1. The van der Waals surface area contributed by atoms with Crippen LogP contribution in [0.2, 0.25) is 0 Å². The predicted molar refractivity (Wildman–Crippen MR) is 131 cm³/mol. The fraction of sp³-hybridized carbons (Fsp3) is 0.231. The molecule has 0 aromatic heterocycles. The number of methoxy groups -OCH3 is 1. The molecule has 0 atom stereocenters. The fourth-order valence-corrected chi connectivity index (χ4v) is 3.04. The summed E-state index contributed by atoms with van der Waals surface area (Å²) < 4.78 is 17.2. The molecule has 0 aliphatic carbocycles. The number of urea groups is 1. The lowest BCUT2D eigenvalue weighted by Crippen LogP contribution is -2.24. The van der Waals surface area contributed by atoms with E-state index in [1.165, 1.54) is 11.8 Å². The summed E-state index contributed by atoms with van der Waals surface area (Å²) in [5.74, 6) is 1.99. The van der Waals surface area contributed by atoms with Gasteiger partial charge >= 0.3 is 6.03 Å². The van der Waals surface area contributed by atoms with E-state index in [2.05, 4.69) is 34.9 Å². The molecule has 3 rings (SSSR count). The van der Waals surface area contributed by atoms with E-state index in [1.54, 1.807) is 19.2 Å². The van der Waals surface area contributed by atoms with E-state index < -0.39 is 6.03 Å². The predicted octanol–water partition coefficient (Wildman–Crippen LogP) is 5.26. The van der Waals surface area contributed by atoms with Gasteiger partial charge < -0.3 is 19.5 Å². The molecule has 7 nitrogen and oxygen atoms in total. The van der Waals surface area contributed by atoms with E-state index in [0.29, 0.717) is 42.4 Å². The third-order valence-corrected chi connectivity index (χ3v) is 4.77. The van der Waals surface area contributed by atoms with Crippen molar-refractivity contribution < 1.29 is 19.0 Å². The van der Waals surface area contributed by atoms with Crippen LogP contribution in [-0.4, -0.2) is 32.6 Å². The third kappa shape index (κ3) is 7.57. The quantitative estimate of drug-likeness (QED) is 0.239. The van der Waals surface area contributed by atoms with Gasteiger partial charge in [-0.05, 0) is 48.4 Å². The Bertz CT molecular complexity index is 1040. The number of rotatable bonds is 11. The first-order valence-corrected chi connectivity index (χ1v) is 10.9. The molecule has 0 unspecified atom stereocenters. The van der Waals surface area contributed by atoms with Crippen LogP contribution in [0.3, 0.4) is 0 Å². The average molecular weight is 448 g/mol. The molecule has 0 aliphatic heterocycles. The number of nitrogens with one attached hydrogen (secondary N) is 2. The lowest BCUT2D eigenvalue weighted by atomic mass is 10.2. The monoisotopic (exact) mass is 447 g/mol. The molecule has 0 aliphatic rings. The summed E-state index contributed by atoms with van der Waals surface area (Å²) in [4.78, 5) is 12.0. The topological polar surface area (TPSA) is 81.2 Å². The SMILES string of the molecule is CCc1ccc(OCCCOc2c(/C=N/NC(=O)Nc3ccccc3)cccc2OC)cc1. The number of hydrogen-bond donors (Lipinski definition) is 2. The van der Waals surface area contributed by atoms with Crippen molar-refractivity contribution in [3.8, 4) is 17.2 Å². The summed E-state index contributed by atoms with van der Waals surface area (Å²) in [5.41, 5.74) is 5.10. The van der Waals surface area contributed by atoms with Crippen molar-refractivity contribution in [3.05, 3.63) is 83.9 Å². The summed E-state index contributed by atoms with van der Waals surface area (Å²) in [6, 6.07) is 22.3. The van der Waals surface area contributed by atoms with Gasteiger partial charge in [-0.3, -0.25) is 0 Å². The minimum Gasteiger partial charge on any atom is -0.493 e. The molecule has 7 heteroatoms. The van der Waals surface area contributed by atoms with E-state index >= 15 is 0 Å². The zero-order valence-corrected chi connectivity index (χ0v) is 18.9. The van der Waals surface area contributed by atoms with Crippen LogP contribution >= 0.6 is 0 Å². The van der Waals surface area contributed by atoms with Crippen LogP contribution in [0, 0.1) is 0 Å². The van der Waals surface area contributed by atoms with Crippen LogP contribution in [0.5, 0.6) is 17.2 Å². The molecule has 0 heterocycles. The largest absolute Gasteiger partial charge is 0.493 e. The summed E-state index contributed by atoms with van der Waals surface area (Å²) in [6.45, 7) is 3.10. The molecule has 0 radical (unpaired) electrons. The van der Waals surface area contributed by atoms with E-state index in [0.717, 1.165) is 12.2 Å². The first-order chi connectivity index (χ1) is 16.2. The normalized spacial score (nSPS) is 10.6. The van der Waals surface area contributed by atoms with Gasteiger partial charge in [0.05, 0.1) is 26.5 Å². The van der Waals surface area contributed by atoms with Gasteiger partial charge in [-0.25, -0.2) is 10.2 Å². The maximum absolute atomic E-state index is 12.0. The average Bonchev–Trinajstić information content (AvgIpc) is 2.85. The maximum Gasteiger partial charge on any atom is 0.339 e. The van der Waals surface area contributed by atoms with Crippen LogP contribution in [0.1, 0.15) is 24.5 Å². The number of nitrogens with zero attached hydrogens (tertiary/aromatic N) is 1. The number of amides is 2. The molecular formula is C26H29N3O4.